The van der Waals surface area contributed by atoms with E-state index in [0.717, 1.165) is 26.2 Å². The molecule has 1 aromatic carbocycles. The second-order valence-corrected chi connectivity index (χ2v) is 7.36. The smallest absolute Gasteiger partial charge is 0.0411 e. The monoisotopic (exact) mass is 352 g/mol. The van der Waals surface area contributed by atoms with Crippen molar-refractivity contribution in [3.05, 3.63) is 29.8 Å². The first-order chi connectivity index (χ1) is 11.1. The number of likely N-dealkylation sites (tertiary alicyclic amines) is 1. The lowest BCUT2D eigenvalue weighted by atomic mass is 10.0. The van der Waals surface area contributed by atoms with Crippen molar-refractivity contribution in [3.8, 4) is 0 Å². The molecule has 2 heterocycles. The quantitative estimate of drug-likeness (QED) is 0.898. The number of benzene rings is 1. The van der Waals surface area contributed by atoms with E-state index in [2.05, 4.69) is 65.3 Å². The SMILES string of the molecule is CC1CN(Cc2ccccc2N(C)C2CCN(C)CC2)CCN1.Cl. The Morgan fingerprint density at radius 3 is 2.58 bits per heavy atom. The molecule has 1 aromatic rings. The van der Waals surface area contributed by atoms with E-state index in [9.17, 15) is 0 Å². The topological polar surface area (TPSA) is 21.8 Å². The molecular formula is C19H33ClN4. The summed E-state index contributed by atoms with van der Waals surface area (Å²) in [4.78, 5) is 7.56. The number of hydrogen-bond donors (Lipinski definition) is 1. The average Bonchev–Trinajstić information content (AvgIpc) is 2.55. The average molecular weight is 353 g/mol. The van der Waals surface area contributed by atoms with Crippen molar-refractivity contribution in [2.24, 2.45) is 0 Å². The second kappa shape index (κ2) is 9.04. The van der Waals surface area contributed by atoms with Gasteiger partial charge in [-0.2, -0.15) is 0 Å². The van der Waals surface area contributed by atoms with Gasteiger partial charge >= 0.3 is 0 Å². The van der Waals surface area contributed by atoms with Crippen molar-refractivity contribution in [1.82, 2.24) is 15.1 Å². The van der Waals surface area contributed by atoms with Gasteiger partial charge in [-0.05, 0) is 51.5 Å². The fourth-order valence-corrected chi connectivity index (χ4v) is 3.96. The number of halogens is 1. The Labute approximate surface area is 153 Å². The van der Waals surface area contributed by atoms with E-state index in [1.165, 1.54) is 37.2 Å². The first-order valence-electron chi connectivity index (χ1n) is 9.08. The zero-order valence-electron chi connectivity index (χ0n) is 15.4. The standard InChI is InChI=1S/C19H32N4.ClH/c1-16-14-23(13-10-20-16)15-17-6-4-5-7-19(17)22(3)18-8-11-21(2)12-9-18;/h4-7,16,18,20H,8-15H2,1-3H3;1H. The van der Waals surface area contributed by atoms with Crippen LogP contribution in [0.2, 0.25) is 0 Å². The maximum atomic E-state index is 3.53. The summed E-state index contributed by atoms with van der Waals surface area (Å²) in [5.74, 6) is 0. The fourth-order valence-electron chi connectivity index (χ4n) is 3.96. The number of hydrogen-bond acceptors (Lipinski definition) is 4. The highest BCUT2D eigenvalue weighted by Gasteiger charge is 2.23. The van der Waals surface area contributed by atoms with Gasteiger partial charge < -0.3 is 15.1 Å². The van der Waals surface area contributed by atoms with Gasteiger partial charge in [0.25, 0.3) is 0 Å². The Bertz CT molecular complexity index is 502. The summed E-state index contributed by atoms with van der Waals surface area (Å²) < 4.78 is 0. The molecule has 2 aliphatic heterocycles. The molecule has 0 spiro atoms. The summed E-state index contributed by atoms with van der Waals surface area (Å²) in [7, 11) is 4.52. The maximum Gasteiger partial charge on any atom is 0.0411 e. The number of para-hydroxylation sites is 1. The second-order valence-electron chi connectivity index (χ2n) is 7.36. The Morgan fingerprint density at radius 1 is 1.17 bits per heavy atom. The van der Waals surface area contributed by atoms with Crippen LogP contribution in [-0.4, -0.2) is 68.7 Å². The number of piperazine rings is 1. The van der Waals surface area contributed by atoms with Gasteiger partial charge in [0.2, 0.25) is 0 Å². The minimum absolute atomic E-state index is 0. The van der Waals surface area contributed by atoms with Crippen molar-refractivity contribution in [1.29, 1.82) is 0 Å². The van der Waals surface area contributed by atoms with Crippen molar-refractivity contribution in [3.63, 3.8) is 0 Å². The maximum absolute atomic E-state index is 3.53. The van der Waals surface area contributed by atoms with E-state index < -0.39 is 0 Å². The van der Waals surface area contributed by atoms with Gasteiger partial charge in [-0.25, -0.2) is 0 Å². The molecule has 4 nitrogen and oxygen atoms in total. The molecule has 24 heavy (non-hydrogen) atoms. The molecular weight excluding hydrogens is 320 g/mol. The molecule has 0 saturated carbocycles. The van der Waals surface area contributed by atoms with Crippen LogP contribution < -0.4 is 10.2 Å². The summed E-state index contributed by atoms with van der Waals surface area (Å²) in [6.07, 6.45) is 2.54. The fraction of sp³-hybridized carbons (Fsp3) is 0.684. The number of rotatable bonds is 4. The molecule has 0 aromatic heterocycles. The molecule has 2 saturated heterocycles. The van der Waals surface area contributed by atoms with Gasteiger partial charge in [-0.1, -0.05) is 18.2 Å². The summed E-state index contributed by atoms with van der Waals surface area (Å²) >= 11 is 0. The third-order valence-electron chi connectivity index (χ3n) is 5.45. The first kappa shape index (κ1) is 19.5. The molecule has 1 atom stereocenters. The summed E-state index contributed by atoms with van der Waals surface area (Å²) in [6, 6.07) is 10.3. The minimum Gasteiger partial charge on any atom is -0.371 e. The number of nitrogens with one attached hydrogen (secondary N) is 1. The predicted octanol–water partition coefficient (Wildman–Crippen LogP) is 2.43. The van der Waals surface area contributed by atoms with E-state index in [-0.39, 0.29) is 12.4 Å². The Hall–Kier alpha value is -0.810. The van der Waals surface area contributed by atoms with Gasteiger partial charge in [-0.3, -0.25) is 4.90 Å². The van der Waals surface area contributed by atoms with Crippen molar-refractivity contribution in [2.45, 2.75) is 38.4 Å². The molecule has 2 fully saturated rings. The number of piperidine rings is 1. The van der Waals surface area contributed by atoms with Gasteiger partial charge in [-0.15, -0.1) is 12.4 Å². The van der Waals surface area contributed by atoms with Crippen LogP contribution in [0.4, 0.5) is 5.69 Å². The predicted molar refractivity (Wildman–Crippen MR) is 105 cm³/mol. The van der Waals surface area contributed by atoms with E-state index in [1.807, 2.05) is 0 Å². The van der Waals surface area contributed by atoms with E-state index in [1.54, 1.807) is 0 Å². The van der Waals surface area contributed by atoms with Crippen LogP contribution in [0.15, 0.2) is 24.3 Å². The molecule has 136 valence electrons. The molecule has 0 aliphatic carbocycles. The lowest BCUT2D eigenvalue weighted by Crippen LogP contribution is -2.48. The molecule has 1 unspecified atom stereocenters. The molecule has 0 radical (unpaired) electrons. The Balaban J connectivity index is 0.00000208. The van der Waals surface area contributed by atoms with Crippen molar-refractivity contribution in [2.75, 3.05) is 51.7 Å². The van der Waals surface area contributed by atoms with E-state index in [4.69, 9.17) is 0 Å². The van der Waals surface area contributed by atoms with Crippen molar-refractivity contribution < 1.29 is 0 Å². The minimum atomic E-state index is 0. The lowest BCUT2D eigenvalue weighted by Gasteiger charge is -2.38. The van der Waals surface area contributed by atoms with Crippen molar-refractivity contribution >= 4 is 18.1 Å². The number of nitrogens with zero attached hydrogens (tertiary/aromatic N) is 3. The lowest BCUT2D eigenvalue weighted by molar-refractivity contribution is 0.199. The Kier molecular flexibility index (Phi) is 7.35. The van der Waals surface area contributed by atoms with E-state index >= 15 is 0 Å². The molecule has 2 aliphatic rings. The molecule has 3 rings (SSSR count). The van der Waals surface area contributed by atoms with Crippen LogP contribution in [0.1, 0.15) is 25.3 Å². The summed E-state index contributed by atoms with van der Waals surface area (Å²) in [5, 5.41) is 3.53. The highest BCUT2D eigenvalue weighted by molar-refractivity contribution is 5.85. The number of anilines is 1. The third-order valence-corrected chi connectivity index (χ3v) is 5.45. The molecule has 0 bridgehead atoms. The van der Waals surface area contributed by atoms with Gasteiger partial charge in [0.15, 0.2) is 0 Å². The van der Waals surface area contributed by atoms with Gasteiger partial charge in [0, 0.05) is 51.0 Å². The van der Waals surface area contributed by atoms with Gasteiger partial charge in [0.05, 0.1) is 0 Å². The Morgan fingerprint density at radius 2 is 1.88 bits per heavy atom. The largest absolute Gasteiger partial charge is 0.371 e. The highest BCUT2D eigenvalue weighted by Crippen LogP contribution is 2.26. The zero-order chi connectivity index (χ0) is 16.2. The van der Waals surface area contributed by atoms with Crippen LogP contribution in [0.5, 0.6) is 0 Å². The van der Waals surface area contributed by atoms with Crippen LogP contribution >= 0.6 is 12.4 Å². The summed E-state index contributed by atoms with van der Waals surface area (Å²) in [6.45, 7) is 9.18. The van der Waals surface area contributed by atoms with Crippen LogP contribution in [-0.2, 0) is 6.54 Å². The first-order valence-corrected chi connectivity index (χ1v) is 9.08. The molecule has 1 N–H and O–H groups in total. The normalized spacial score (nSPS) is 23.7. The van der Waals surface area contributed by atoms with E-state index in [0.29, 0.717) is 12.1 Å². The van der Waals surface area contributed by atoms with Gasteiger partial charge in [0.1, 0.15) is 0 Å². The van der Waals surface area contributed by atoms with Crippen LogP contribution in [0.3, 0.4) is 0 Å². The van der Waals surface area contributed by atoms with Crippen LogP contribution in [0, 0.1) is 0 Å². The zero-order valence-corrected chi connectivity index (χ0v) is 16.2. The molecule has 0 amide bonds. The van der Waals surface area contributed by atoms with Crippen LogP contribution in [0.25, 0.3) is 0 Å². The molecule has 5 heteroatoms. The third kappa shape index (κ3) is 4.85. The summed E-state index contributed by atoms with van der Waals surface area (Å²) in [5.41, 5.74) is 2.90. The highest BCUT2D eigenvalue weighted by atomic mass is 35.5.